The number of nitrogens with zero attached hydrogens (tertiary/aromatic N) is 1. The molecule has 8 heteroatoms. The van der Waals surface area contributed by atoms with Gasteiger partial charge in [-0.15, -0.1) is 0 Å². The Kier molecular flexibility index (Phi) is 10.7. The van der Waals surface area contributed by atoms with Crippen molar-refractivity contribution in [3.63, 3.8) is 0 Å². The average molecular weight is 598 g/mol. The van der Waals surface area contributed by atoms with Crippen LogP contribution in [-0.4, -0.2) is 43.1 Å². The molecular weight excluding hydrogens is 560 g/mol. The molecule has 0 saturated carbocycles. The van der Waals surface area contributed by atoms with Crippen molar-refractivity contribution < 1.29 is 23.1 Å². The first kappa shape index (κ1) is 30.9. The summed E-state index contributed by atoms with van der Waals surface area (Å²) in [5, 5.41) is 5.86. The highest BCUT2D eigenvalue weighted by molar-refractivity contribution is 5.87. The van der Waals surface area contributed by atoms with E-state index in [1.165, 1.54) is 29.8 Å². The summed E-state index contributed by atoms with van der Waals surface area (Å²) in [4.78, 5) is 27.9. The van der Waals surface area contributed by atoms with Crippen molar-refractivity contribution in [2.75, 3.05) is 31.5 Å². The highest BCUT2D eigenvalue weighted by Gasteiger charge is 2.24. The van der Waals surface area contributed by atoms with Gasteiger partial charge in [0.2, 0.25) is 5.91 Å². The lowest BCUT2D eigenvalue weighted by atomic mass is 9.89. The van der Waals surface area contributed by atoms with E-state index >= 15 is 0 Å². The van der Waals surface area contributed by atoms with Gasteiger partial charge >= 0.3 is 6.09 Å². The maximum absolute atomic E-state index is 13.5. The summed E-state index contributed by atoms with van der Waals surface area (Å²) in [6.07, 6.45) is 2.33. The Bertz CT molecular complexity index is 1460. The molecule has 2 amide bonds. The van der Waals surface area contributed by atoms with Gasteiger partial charge in [-0.3, -0.25) is 10.1 Å². The van der Waals surface area contributed by atoms with Crippen molar-refractivity contribution in [3.05, 3.63) is 137 Å². The van der Waals surface area contributed by atoms with Gasteiger partial charge in [0.15, 0.2) is 0 Å². The van der Waals surface area contributed by atoms with E-state index in [1.807, 2.05) is 48.5 Å². The molecule has 6 nitrogen and oxygen atoms in total. The van der Waals surface area contributed by atoms with Gasteiger partial charge in [0, 0.05) is 12.2 Å². The topological polar surface area (TPSA) is 70.7 Å². The lowest BCUT2D eigenvalue weighted by Gasteiger charge is -2.32. The number of anilines is 1. The summed E-state index contributed by atoms with van der Waals surface area (Å²) in [5.41, 5.74) is 4.16. The summed E-state index contributed by atoms with van der Waals surface area (Å²) < 4.78 is 32.4. The Balaban J connectivity index is 1.06. The zero-order chi connectivity index (χ0) is 30.7. The van der Waals surface area contributed by atoms with E-state index in [9.17, 15) is 18.4 Å². The number of nitrogens with one attached hydrogen (secondary N) is 2. The number of piperidine rings is 1. The van der Waals surface area contributed by atoms with E-state index in [-0.39, 0.29) is 24.1 Å². The number of likely N-dealkylation sites (tertiary alicyclic amines) is 1. The van der Waals surface area contributed by atoms with E-state index in [4.69, 9.17) is 4.74 Å². The first-order valence-electron chi connectivity index (χ1n) is 15.0. The number of amides is 2. The average Bonchev–Trinajstić information content (AvgIpc) is 3.05. The molecule has 0 aromatic heterocycles. The van der Waals surface area contributed by atoms with E-state index in [1.54, 1.807) is 24.3 Å². The molecule has 4 aromatic carbocycles. The molecule has 1 aliphatic rings. The summed E-state index contributed by atoms with van der Waals surface area (Å²) in [6.45, 7) is 3.48. The molecule has 4 aromatic rings. The molecule has 0 spiro atoms. The zero-order valence-corrected chi connectivity index (χ0v) is 24.6. The van der Waals surface area contributed by atoms with Gasteiger partial charge in [-0.05, 0) is 103 Å². The van der Waals surface area contributed by atoms with Crippen molar-refractivity contribution in [1.29, 1.82) is 0 Å². The van der Waals surface area contributed by atoms with Crippen molar-refractivity contribution in [2.24, 2.45) is 0 Å². The Morgan fingerprint density at radius 2 is 1.45 bits per heavy atom. The smallest absolute Gasteiger partial charge is 0.411 e. The van der Waals surface area contributed by atoms with Gasteiger partial charge in [0.05, 0.1) is 5.92 Å². The third-order valence-electron chi connectivity index (χ3n) is 8.02. The number of halogens is 2. The number of hydrogen-bond donors (Lipinski definition) is 2. The Hall–Kier alpha value is -4.56. The minimum absolute atomic E-state index is 0.195. The largest absolute Gasteiger partial charge is 0.444 e. The summed E-state index contributed by atoms with van der Waals surface area (Å²) in [7, 11) is 0. The molecule has 0 aliphatic carbocycles. The van der Waals surface area contributed by atoms with Crippen molar-refractivity contribution in [3.8, 4) is 0 Å². The first-order chi connectivity index (χ1) is 21.4. The predicted molar refractivity (Wildman–Crippen MR) is 167 cm³/mol. The van der Waals surface area contributed by atoms with Crippen LogP contribution >= 0.6 is 0 Å². The summed E-state index contributed by atoms with van der Waals surface area (Å²) in [5.74, 6) is -1.19. The second kappa shape index (κ2) is 15.3. The van der Waals surface area contributed by atoms with Gasteiger partial charge in [0.25, 0.3) is 0 Å². The van der Waals surface area contributed by atoms with Gasteiger partial charge in [-0.25, -0.2) is 13.6 Å². The molecule has 0 radical (unpaired) electrons. The van der Waals surface area contributed by atoms with Gasteiger partial charge in [-0.1, -0.05) is 66.7 Å². The van der Waals surface area contributed by atoms with Crippen molar-refractivity contribution in [2.45, 2.75) is 37.7 Å². The Labute approximate surface area is 257 Å². The molecule has 0 atom stereocenters. The van der Waals surface area contributed by atoms with Crippen LogP contribution in [0.3, 0.4) is 0 Å². The maximum atomic E-state index is 13.5. The molecule has 228 valence electrons. The normalized spacial score (nSPS) is 13.9. The Morgan fingerprint density at radius 1 is 0.818 bits per heavy atom. The molecule has 5 rings (SSSR count). The number of benzene rings is 4. The molecule has 1 heterocycles. The van der Waals surface area contributed by atoms with Gasteiger partial charge in [-0.2, -0.15) is 0 Å². The van der Waals surface area contributed by atoms with Crippen LogP contribution in [0.15, 0.2) is 103 Å². The standard InChI is InChI=1S/C36H37F2N3O3/c37-31-14-10-28(11-15-31)34(29-12-16-32(38)17-13-29)35(42)39-20-5-21-41-22-18-27(19-23-41)30-8-4-9-33(24-30)40-36(43)44-25-26-6-2-1-3-7-26/h1-4,6-17,24,27,34H,5,18-23,25H2,(H,39,42)(H,40,43). The molecule has 1 fully saturated rings. The van der Waals surface area contributed by atoms with Crippen LogP contribution in [0, 0.1) is 11.6 Å². The van der Waals surface area contributed by atoms with Gasteiger partial charge < -0.3 is 15.0 Å². The fraction of sp³-hybridized carbons (Fsp3) is 0.278. The maximum Gasteiger partial charge on any atom is 0.411 e. The highest BCUT2D eigenvalue weighted by Crippen LogP contribution is 2.30. The lowest BCUT2D eigenvalue weighted by Crippen LogP contribution is -2.36. The fourth-order valence-corrected chi connectivity index (χ4v) is 5.66. The SMILES string of the molecule is O=C(Nc1cccc(C2CCN(CCCNC(=O)C(c3ccc(F)cc3)c3ccc(F)cc3)CC2)c1)OCc1ccccc1. The number of ether oxygens (including phenoxy) is 1. The minimum atomic E-state index is -0.650. The molecule has 0 bridgehead atoms. The molecule has 1 saturated heterocycles. The van der Waals surface area contributed by atoms with Crippen LogP contribution in [0.1, 0.15) is 53.4 Å². The molecular formula is C36H37F2N3O3. The van der Waals surface area contributed by atoms with Crippen LogP contribution in [-0.2, 0) is 16.1 Å². The van der Waals surface area contributed by atoms with Crippen molar-refractivity contribution >= 4 is 17.7 Å². The highest BCUT2D eigenvalue weighted by atomic mass is 19.1. The van der Waals surface area contributed by atoms with Crippen LogP contribution in [0.4, 0.5) is 19.3 Å². The zero-order valence-electron chi connectivity index (χ0n) is 24.6. The predicted octanol–water partition coefficient (Wildman–Crippen LogP) is 7.23. The molecule has 2 N–H and O–H groups in total. The molecule has 1 aliphatic heterocycles. The molecule has 44 heavy (non-hydrogen) atoms. The van der Waals surface area contributed by atoms with Crippen LogP contribution < -0.4 is 10.6 Å². The monoisotopic (exact) mass is 597 g/mol. The van der Waals surface area contributed by atoms with E-state index in [0.717, 1.165) is 50.1 Å². The number of rotatable bonds is 11. The Morgan fingerprint density at radius 3 is 2.09 bits per heavy atom. The van der Waals surface area contributed by atoms with Crippen LogP contribution in [0.2, 0.25) is 0 Å². The van der Waals surface area contributed by atoms with E-state index in [2.05, 4.69) is 21.6 Å². The summed E-state index contributed by atoms with van der Waals surface area (Å²) in [6, 6.07) is 29.2. The fourth-order valence-electron chi connectivity index (χ4n) is 5.66. The minimum Gasteiger partial charge on any atom is -0.444 e. The second-order valence-corrected chi connectivity index (χ2v) is 11.1. The first-order valence-corrected chi connectivity index (χ1v) is 15.0. The molecule has 0 unspecified atom stereocenters. The third-order valence-corrected chi connectivity index (χ3v) is 8.02. The van der Waals surface area contributed by atoms with Crippen molar-refractivity contribution in [1.82, 2.24) is 10.2 Å². The number of carbonyl (C=O) groups excluding carboxylic acids is 2. The van der Waals surface area contributed by atoms with E-state index < -0.39 is 12.0 Å². The summed E-state index contributed by atoms with van der Waals surface area (Å²) >= 11 is 0. The van der Waals surface area contributed by atoms with Gasteiger partial charge in [0.1, 0.15) is 18.2 Å². The van der Waals surface area contributed by atoms with Crippen LogP contribution in [0.25, 0.3) is 0 Å². The van der Waals surface area contributed by atoms with E-state index in [0.29, 0.717) is 23.6 Å². The number of carbonyl (C=O) groups is 2. The van der Waals surface area contributed by atoms with Crippen LogP contribution in [0.5, 0.6) is 0 Å². The number of hydrogen-bond acceptors (Lipinski definition) is 4. The third kappa shape index (κ3) is 8.74. The lowest BCUT2D eigenvalue weighted by molar-refractivity contribution is -0.121. The second-order valence-electron chi connectivity index (χ2n) is 11.1. The quantitative estimate of drug-likeness (QED) is 0.179.